The monoisotopic (exact) mass is 623 g/mol. The van der Waals surface area contributed by atoms with Crippen molar-refractivity contribution in [2.75, 3.05) is 17.2 Å². The van der Waals surface area contributed by atoms with Gasteiger partial charge in [-0.05, 0) is 66.6 Å². The Bertz CT molecular complexity index is 1530. The lowest BCUT2D eigenvalue weighted by Gasteiger charge is -2.46. The number of pyridine rings is 1. The van der Waals surface area contributed by atoms with Gasteiger partial charge in [-0.15, -0.1) is 22.6 Å². The van der Waals surface area contributed by atoms with E-state index in [2.05, 4.69) is 33.1 Å². The molecule has 0 bridgehead atoms. The van der Waals surface area contributed by atoms with Crippen LogP contribution in [0.5, 0.6) is 0 Å². The standard InChI is InChI=1S/C29H36F3N7O3.ClH/c1-17(2)12-33-13-20-6-24(26(42)39(14-20)15-29(30,31)32)25(41)36-23-8-21(7-22(9-23)35-19(4)40)28(10-18(3)11-28)27-37-34-16-38(27)5;/h6-9,14,16-18,33H,10-13,15H2,1-5H3,(H,35,40)(H,36,41);1H. The second-order valence-corrected chi connectivity index (χ2v) is 11.6. The molecule has 2 heterocycles. The Morgan fingerprint density at radius 1 is 1.12 bits per heavy atom. The van der Waals surface area contributed by atoms with E-state index in [-0.39, 0.29) is 30.5 Å². The van der Waals surface area contributed by atoms with Crippen LogP contribution in [0.2, 0.25) is 0 Å². The number of carbonyl (C=O) groups is 2. The summed E-state index contributed by atoms with van der Waals surface area (Å²) in [5, 5.41) is 16.9. The van der Waals surface area contributed by atoms with Gasteiger partial charge < -0.3 is 25.1 Å². The molecule has 0 atom stereocenters. The van der Waals surface area contributed by atoms with Gasteiger partial charge in [0, 0.05) is 38.1 Å². The Kier molecular flexibility index (Phi) is 10.4. The minimum absolute atomic E-state index is 0. The van der Waals surface area contributed by atoms with Crippen molar-refractivity contribution in [2.45, 2.75) is 65.2 Å². The average Bonchev–Trinajstić information content (AvgIpc) is 3.27. The maximum atomic E-state index is 13.5. The normalized spacial score (nSPS) is 18.1. The number of nitrogens with one attached hydrogen (secondary N) is 3. The Hall–Kier alpha value is -3.71. The maximum Gasteiger partial charge on any atom is 0.406 e. The Labute approximate surface area is 253 Å². The number of halogens is 4. The minimum atomic E-state index is -4.66. The van der Waals surface area contributed by atoms with Crippen molar-refractivity contribution >= 4 is 35.6 Å². The second kappa shape index (κ2) is 13.3. The first kappa shape index (κ1) is 33.8. The molecule has 4 rings (SSSR count). The number of hydrogen-bond acceptors (Lipinski definition) is 6. The summed E-state index contributed by atoms with van der Waals surface area (Å²) in [4.78, 5) is 38.4. The van der Waals surface area contributed by atoms with E-state index in [9.17, 15) is 27.6 Å². The van der Waals surface area contributed by atoms with Crippen molar-refractivity contribution < 1.29 is 22.8 Å². The molecule has 234 valence electrons. The van der Waals surface area contributed by atoms with Crippen LogP contribution >= 0.6 is 12.4 Å². The fourth-order valence-corrected chi connectivity index (χ4v) is 5.62. The molecule has 0 unspecified atom stereocenters. The van der Waals surface area contributed by atoms with Crippen LogP contribution in [-0.2, 0) is 30.3 Å². The number of carbonyl (C=O) groups excluding carboxylic acids is 2. The van der Waals surface area contributed by atoms with Gasteiger partial charge in [0.2, 0.25) is 5.91 Å². The van der Waals surface area contributed by atoms with E-state index in [0.29, 0.717) is 34.2 Å². The number of anilines is 2. The van der Waals surface area contributed by atoms with Gasteiger partial charge in [0.1, 0.15) is 24.3 Å². The third-order valence-corrected chi connectivity index (χ3v) is 7.22. The summed E-state index contributed by atoms with van der Waals surface area (Å²) >= 11 is 0. The summed E-state index contributed by atoms with van der Waals surface area (Å²) in [7, 11) is 1.84. The van der Waals surface area contributed by atoms with Crippen molar-refractivity contribution in [3.05, 3.63) is 69.7 Å². The minimum Gasteiger partial charge on any atom is -0.326 e. The molecule has 10 nitrogen and oxygen atoms in total. The van der Waals surface area contributed by atoms with Gasteiger partial charge >= 0.3 is 6.18 Å². The highest BCUT2D eigenvalue weighted by molar-refractivity contribution is 6.04. The number of amides is 2. The summed E-state index contributed by atoms with van der Waals surface area (Å²) < 4.78 is 42.2. The number of aryl methyl sites for hydroxylation is 1. The maximum absolute atomic E-state index is 13.5. The number of nitrogens with zero attached hydrogens (tertiary/aromatic N) is 4. The van der Waals surface area contributed by atoms with Gasteiger partial charge in [-0.3, -0.25) is 14.4 Å². The van der Waals surface area contributed by atoms with Crippen molar-refractivity contribution in [2.24, 2.45) is 18.9 Å². The molecule has 43 heavy (non-hydrogen) atoms. The Balaban J connectivity index is 0.00000506. The number of aromatic nitrogens is 4. The molecule has 1 fully saturated rings. The number of rotatable bonds is 10. The first-order valence-corrected chi connectivity index (χ1v) is 13.8. The van der Waals surface area contributed by atoms with Gasteiger partial charge in [0.05, 0.1) is 5.41 Å². The number of benzene rings is 1. The summed E-state index contributed by atoms with van der Waals surface area (Å²) in [5.41, 5.74) is -0.180. The zero-order valence-corrected chi connectivity index (χ0v) is 25.5. The fraction of sp³-hybridized carbons (Fsp3) is 0.483. The molecule has 14 heteroatoms. The molecule has 3 aromatic rings. The highest BCUT2D eigenvalue weighted by Crippen LogP contribution is 2.52. The van der Waals surface area contributed by atoms with E-state index in [1.165, 1.54) is 19.1 Å². The van der Waals surface area contributed by atoms with Crippen LogP contribution in [0.1, 0.15) is 67.8 Å². The zero-order valence-electron chi connectivity index (χ0n) is 24.7. The van der Waals surface area contributed by atoms with E-state index >= 15 is 0 Å². The van der Waals surface area contributed by atoms with Crippen LogP contribution in [0.4, 0.5) is 24.5 Å². The first-order valence-electron chi connectivity index (χ1n) is 13.8. The van der Waals surface area contributed by atoms with Crippen molar-refractivity contribution in [3.8, 4) is 0 Å². The first-order chi connectivity index (χ1) is 19.7. The highest BCUT2D eigenvalue weighted by atomic mass is 35.5. The summed E-state index contributed by atoms with van der Waals surface area (Å²) in [6.45, 7) is 6.70. The van der Waals surface area contributed by atoms with E-state index in [0.717, 1.165) is 30.4 Å². The second-order valence-electron chi connectivity index (χ2n) is 11.6. The molecular weight excluding hydrogens is 587 g/mol. The molecule has 0 radical (unpaired) electrons. The van der Waals surface area contributed by atoms with Crippen LogP contribution in [0.15, 0.2) is 41.6 Å². The third-order valence-electron chi connectivity index (χ3n) is 7.22. The lowest BCUT2D eigenvalue weighted by molar-refractivity contribution is -0.141. The SMILES string of the molecule is CC(=O)Nc1cc(NC(=O)c2cc(CNCC(C)C)cn(CC(F)(F)F)c2=O)cc(C2(c3nncn3C)CC(C)C2)c1.Cl. The van der Waals surface area contributed by atoms with Crippen LogP contribution in [-0.4, -0.2) is 43.9 Å². The Morgan fingerprint density at radius 2 is 1.77 bits per heavy atom. The molecule has 1 aromatic carbocycles. The molecular formula is C29H37ClF3N7O3. The average molecular weight is 624 g/mol. The molecule has 1 aliphatic rings. The van der Waals surface area contributed by atoms with E-state index in [4.69, 9.17) is 0 Å². The van der Waals surface area contributed by atoms with E-state index < -0.39 is 35.2 Å². The number of hydrogen-bond donors (Lipinski definition) is 3. The molecule has 0 spiro atoms. The molecule has 2 amide bonds. The van der Waals surface area contributed by atoms with Crippen molar-refractivity contribution in [1.82, 2.24) is 24.6 Å². The quantitative estimate of drug-likeness (QED) is 0.303. The summed E-state index contributed by atoms with van der Waals surface area (Å²) in [6, 6.07) is 6.41. The van der Waals surface area contributed by atoms with Gasteiger partial charge in [-0.2, -0.15) is 13.2 Å². The van der Waals surface area contributed by atoms with E-state index in [1.54, 1.807) is 12.4 Å². The van der Waals surface area contributed by atoms with Crippen LogP contribution in [0, 0.1) is 11.8 Å². The van der Waals surface area contributed by atoms with Crippen LogP contribution < -0.4 is 21.5 Å². The lowest BCUT2D eigenvalue weighted by Crippen LogP contribution is -2.43. The molecule has 1 aliphatic carbocycles. The van der Waals surface area contributed by atoms with Gasteiger partial charge in [-0.1, -0.05) is 20.8 Å². The Morgan fingerprint density at radius 3 is 2.30 bits per heavy atom. The van der Waals surface area contributed by atoms with Gasteiger partial charge in [0.25, 0.3) is 11.5 Å². The predicted octanol–water partition coefficient (Wildman–Crippen LogP) is 4.63. The van der Waals surface area contributed by atoms with Crippen molar-refractivity contribution in [3.63, 3.8) is 0 Å². The highest BCUT2D eigenvalue weighted by Gasteiger charge is 2.48. The molecule has 0 aliphatic heterocycles. The zero-order chi connectivity index (χ0) is 30.8. The smallest absolute Gasteiger partial charge is 0.326 e. The summed E-state index contributed by atoms with van der Waals surface area (Å²) in [5.74, 6) is 0.234. The predicted molar refractivity (Wildman–Crippen MR) is 159 cm³/mol. The van der Waals surface area contributed by atoms with Crippen LogP contribution in [0.25, 0.3) is 0 Å². The summed E-state index contributed by atoms with van der Waals surface area (Å²) in [6.07, 6.45) is -0.418. The van der Waals surface area contributed by atoms with Gasteiger partial charge in [0.15, 0.2) is 0 Å². The fourth-order valence-electron chi connectivity index (χ4n) is 5.62. The van der Waals surface area contributed by atoms with Gasteiger partial charge in [-0.25, -0.2) is 0 Å². The molecule has 0 saturated heterocycles. The molecule has 1 saturated carbocycles. The number of alkyl halides is 3. The topological polar surface area (TPSA) is 123 Å². The largest absolute Gasteiger partial charge is 0.406 e. The molecule has 2 aromatic heterocycles. The van der Waals surface area contributed by atoms with Crippen LogP contribution in [0.3, 0.4) is 0 Å². The third kappa shape index (κ3) is 8.02. The molecule has 3 N–H and O–H groups in total. The lowest BCUT2D eigenvalue weighted by atomic mass is 9.58. The van der Waals surface area contributed by atoms with E-state index in [1.807, 2.05) is 31.5 Å². The van der Waals surface area contributed by atoms with Crippen molar-refractivity contribution in [1.29, 1.82) is 0 Å².